The van der Waals surface area contributed by atoms with Gasteiger partial charge in [-0.3, -0.25) is 0 Å². The van der Waals surface area contributed by atoms with Crippen LogP contribution in [0.5, 0.6) is 0 Å². The molecule has 0 atom stereocenters. The van der Waals surface area contributed by atoms with E-state index in [0.717, 1.165) is 37.3 Å². The summed E-state index contributed by atoms with van der Waals surface area (Å²) in [4.78, 5) is 7.70. The van der Waals surface area contributed by atoms with Crippen molar-refractivity contribution in [1.29, 1.82) is 0 Å². The molecule has 0 aliphatic carbocycles. The highest BCUT2D eigenvalue weighted by molar-refractivity contribution is 7.71. The first-order chi connectivity index (χ1) is 6.81. The first kappa shape index (κ1) is 9.80. The van der Waals surface area contributed by atoms with Gasteiger partial charge in [-0.2, -0.15) is 0 Å². The molecule has 1 aromatic rings. The third-order valence-corrected chi connectivity index (χ3v) is 2.72. The summed E-state index contributed by atoms with van der Waals surface area (Å²) in [6.07, 6.45) is 2.99. The summed E-state index contributed by atoms with van der Waals surface area (Å²) in [5.41, 5.74) is 2.30. The van der Waals surface area contributed by atoms with Crippen molar-refractivity contribution in [1.82, 2.24) is 9.97 Å². The summed E-state index contributed by atoms with van der Waals surface area (Å²) >= 11 is 5.23. The van der Waals surface area contributed by atoms with Gasteiger partial charge in [0.15, 0.2) is 0 Å². The van der Waals surface area contributed by atoms with Gasteiger partial charge in [0.1, 0.15) is 10.5 Å². The van der Waals surface area contributed by atoms with Gasteiger partial charge in [-0.1, -0.05) is 19.1 Å². The number of H-pyrrole nitrogens is 1. The number of fused-ring (bicyclic) bond motifs is 1. The number of aromatic amines is 1. The Morgan fingerprint density at radius 3 is 3.21 bits per heavy atom. The van der Waals surface area contributed by atoms with Crippen molar-refractivity contribution in [2.45, 2.75) is 32.8 Å². The summed E-state index contributed by atoms with van der Waals surface area (Å²) in [5, 5.41) is 0. The smallest absolute Gasteiger partial charge is 0.135 e. The zero-order valence-corrected chi connectivity index (χ0v) is 9.12. The number of hydrogen-bond donors (Lipinski definition) is 1. The first-order valence-electron chi connectivity index (χ1n) is 5.00. The van der Waals surface area contributed by atoms with Crippen LogP contribution in [0.1, 0.15) is 30.4 Å². The van der Waals surface area contributed by atoms with Crippen LogP contribution >= 0.6 is 12.2 Å². The Kier molecular flexibility index (Phi) is 2.93. The Hall–Kier alpha value is -0.740. The lowest BCUT2D eigenvalue weighted by atomic mass is 10.1. The number of nitrogens with zero attached hydrogens (tertiary/aromatic N) is 1. The Balaban J connectivity index is 2.41. The van der Waals surface area contributed by atoms with Crippen LogP contribution in [0.4, 0.5) is 0 Å². The van der Waals surface area contributed by atoms with Crippen molar-refractivity contribution in [3.63, 3.8) is 0 Å². The molecule has 2 heterocycles. The average Bonchev–Trinajstić information content (AvgIpc) is 2.18. The zero-order chi connectivity index (χ0) is 9.97. The van der Waals surface area contributed by atoms with Crippen LogP contribution in [0, 0.1) is 4.64 Å². The fourth-order valence-electron chi connectivity index (χ4n) is 1.66. The van der Waals surface area contributed by atoms with Crippen LogP contribution in [0.25, 0.3) is 0 Å². The maximum atomic E-state index is 5.35. The highest BCUT2D eigenvalue weighted by atomic mass is 32.1. The Morgan fingerprint density at radius 2 is 2.43 bits per heavy atom. The van der Waals surface area contributed by atoms with Crippen LogP contribution in [-0.4, -0.2) is 16.6 Å². The third kappa shape index (κ3) is 1.86. The molecule has 14 heavy (non-hydrogen) atoms. The molecule has 1 aromatic heterocycles. The molecule has 0 saturated carbocycles. The molecular weight excluding hydrogens is 196 g/mol. The zero-order valence-electron chi connectivity index (χ0n) is 8.30. The van der Waals surface area contributed by atoms with Gasteiger partial charge in [-0.05, 0) is 6.42 Å². The van der Waals surface area contributed by atoms with Gasteiger partial charge in [0.2, 0.25) is 0 Å². The van der Waals surface area contributed by atoms with Crippen molar-refractivity contribution >= 4 is 12.2 Å². The molecule has 0 spiro atoms. The number of ether oxygens (including phenoxy) is 1. The van der Waals surface area contributed by atoms with E-state index in [9.17, 15) is 0 Å². The van der Waals surface area contributed by atoms with E-state index in [1.54, 1.807) is 0 Å². The van der Waals surface area contributed by atoms with Gasteiger partial charge in [0.05, 0.1) is 13.2 Å². The van der Waals surface area contributed by atoms with Crippen LogP contribution in [0.15, 0.2) is 0 Å². The van der Waals surface area contributed by atoms with Gasteiger partial charge in [0, 0.05) is 24.1 Å². The second kappa shape index (κ2) is 4.19. The van der Waals surface area contributed by atoms with Crippen molar-refractivity contribution in [2.24, 2.45) is 0 Å². The summed E-state index contributed by atoms with van der Waals surface area (Å²) in [5.74, 6) is 1.01. The normalized spacial score (nSPS) is 15.2. The van der Waals surface area contributed by atoms with Crippen LogP contribution < -0.4 is 0 Å². The topological polar surface area (TPSA) is 37.9 Å². The highest BCUT2D eigenvalue weighted by Crippen LogP contribution is 2.15. The molecule has 0 aromatic carbocycles. The molecule has 76 valence electrons. The fourth-order valence-corrected chi connectivity index (χ4v) is 1.95. The molecule has 1 N–H and O–H groups in total. The van der Waals surface area contributed by atoms with E-state index in [4.69, 9.17) is 17.0 Å². The van der Waals surface area contributed by atoms with E-state index in [1.165, 1.54) is 5.69 Å². The van der Waals surface area contributed by atoms with Gasteiger partial charge in [-0.15, -0.1) is 0 Å². The van der Waals surface area contributed by atoms with E-state index in [-0.39, 0.29) is 0 Å². The number of rotatable bonds is 2. The maximum Gasteiger partial charge on any atom is 0.135 e. The average molecular weight is 210 g/mol. The molecule has 1 aliphatic heterocycles. The Labute approximate surface area is 88.5 Å². The molecule has 0 fully saturated rings. The number of aryl methyl sites for hydroxylation is 1. The lowest BCUT2D eigenvalue weighted by Gasteiger charge is -2.16. The fraction of sp³-hybridized carbons (Fsp3) is 0.600. The largest absolute Gasteiger partial charge is 0.376 e. The predicted molar refractivity (Wildman–Crippen MR) is 56.8 cm³/mol. The van der Waals surface area contributed by atoms with E-state index >= 15 is 0 Å². The van der Waals surface area contributed by atoms with Gasteiger partial charge in [-0.25, -0.2) is 4.98 Å². The lowest BCUT2D eigenvalue weighted by Crippen LogP contribution is -2.15. The summed E-state index contributed by atoms with van der Waals surface area (Å²) < 4.78 is 6.06. The number of hydrogen-bond acceptors (Lipinski definition) is 3. The van der Waals surface area contributed by atoms with Crippen molar-refractivity contribution in [3.05, 3.63) is 21.7 Å². The summed E-state index contributed by atoms with van der Waals surface area (Å²) in [6.45, 7) is 3.54. The second-order valence-electron chi connectivity index (χ2n) is 3.50. The number of nitrogens with one attached hydrogen (secondary N) is 1. The minimum Gasteiger partial charge on any atom is -0.376 e. The van der Waals surface area contributed by atoms with Crippen molar-refractivity contribution < 1.29 is 4.74 Å². The van der Waals surface area contributed by atoms with Gasteiger partial charge in [0.25, 0.3) is 0 Å². The predicted octanol–water partition coefficient (Wildman–Crippen LogP) is 2.16. The molecule has 2 rings (SSSR count). The molecule has 0 saturated heterocycles. The molecule has 1 aliphatic rings. The SMILES string of the molecule is CCCc1nc(=S)c2c([nH]1)CCOC2. The Bertz CT molecular complexity index is 386. The van der Waals surface area contributed by atoms with E-state index < -0.39 is 0 Å². The van der Waals surface area contributed by atoms with Gasteiger partial charge < -0.3 is 9.72 Å². The summed E-state index contributed by atoms with van der Waals surface area (Å²) in [6, 6.07) is 0. The number of aromatic nitrogens is 2. The van der Waals surface area contributed by atoms with Crippen LogP contribution in [0.2, 0.25) is 0 Å². The molecular formula is C10H14N2OS. The van der Waals surface area contributed by atoms with E-state index in [0.29, 0.717) is 11.2 Å². The van der Waals surface area contributed by atoms with Crippen LogP contribution in [0.3, 0.4) is 0 Å². The van der Waals surface area contributed by atoms with Crippen molar-refractivity contribution in [2.75, 3.05) is 6.61 Å². The maximum absolute atomic E-state index is 5.35. The quantitative estimate of drug-likeness (QED) is 0.760. The minimum absolute atomic E-state index is 0.615. The molecule has 0 amide bonds. The monoisotopic (exact) mass is 210 g/mol. The summed E-state index contributed by atoms with van der Waals surface area (Å²) in [7, 11) is 0. The van der Waals surface area contributed by atoms with Crippen LogP contribution in [-0.2, 0) is 24.2 Å². The molecule has 3 nitrogen and oxygen atoms in total. The minimum atomic E-state index is 0.615. The standard InChI is InChI=1S/C10H14N2OS/c1-2-3-9-11-8-4-5-13-6-7(8)10(14)12-9/h2-6H2,1H3,(H,11,12,14). The molecule has 0 unspecified atom stereocenters. The molecule has 0 bridgehead atoms. The van der Waals surface area contributed by atoms with Gasteiger partial charge >= 0.3 is 0 Å². The van der Waals surface area contributed by atoms with E-state index in [2.05, 4.69) is 16.9 Å². The molecule has 4 heteroatoms. The highest BCUT2D eigenvalue weighted by Gasteiger charge is 2.12. The van der Waals surface area contributed by atoms with E-state index in [1.807, 2.05) is 0 Å². The first-order valence-corrected chi connectivity index (χ1v) is 5.40. The lowest BCUT2D eigenvalue weighted by molar-refractivity contribution is 0.108. The third-order valence-electron chi connectivity index (χ3n) is 2.38. The van der Waals surface area contributed by atoms with Crippen molar-refractivity contribution in [3.8, 4) is 0 Å². The second-order valence-corrected chi connectivity index (χ2v) is 3.89. The Morgan fingerprint density at radius 1 is 1.57 bits per heavy atom. The molecule has 0 radical (unpaired) electrons.